The molecule has 17 heavy (non-hydrogen) atoms. The Labute approximate surface area is 104 Å². The van der Waals surface area contributed by atoms with Crippen LogP contribution in [0.1, 0.15) is 25.7 Å². The summed E-state index contributed by atoms with van der Waals surface area (Å²) in [5.74, 6) is 0.828. The first-order valence-electron chi connectivity index (χ1n) is 6.49. The second-order valence-corrected chi connectivity index (χ2v) is 4.44. The van der Waals surface area contributed by atoms with Gasteiger partial charge in [0.2, 0.25) is 5.91 Å². The van der Waals surface area contributed by atoms with Crippen LogP contribution in [-0.2, 0) is 9.53 Å². The minimum absolute atomic E-state index is 0.143. The standard InChI is InChI=1S/C13H24N2O2/c1-2-3-9-17-10-8-15-13(16)5-4-12-6-7-14-11-12/h2,12,14H,1,3-11H2,(H,15,16). The van der Waals surface area contributed by atoms with Crippen LogP contribution in [0.4, 0.5) is 0 Å². The van der Waals surface area contributed by atoms with Crippen LogP contribution in [-0.4, -0.2) is 38.8 Å². The van der Waals surface area contributed by atoms with Crippen molar-refractivity contribution in [3.05, 3.63) is 12.7 Å². The fraction of sp³-hybridized carbons (Fsp3) is 0.769. The van der Waals surface area contributed by atoms with Crippen molar-refractivity contribution in [2.45, 2.75) is 25.7 Å². The maximum absolute atomic E-state index is 11.5. The van der Waals surface area contributed by atoms with Crippen molar-refractivity contribution in [1.29, 1.82) is 0 Å². The average molecular weight is 240 g/mol. The highest BCUT2D eigenvalue weighted by molar-refractivity contribution is 5.75. The molecule has 1 atom stereocenters. The largest absolute Gasteiger partial charge is 0.379 e. The van der Waals surface area contributed by atoms with Gasteiger partial charge in [-0.3, -0.25) is 4.79 Å². The molecule has 2 N–H and O–H groups in total. The molecule has 1 aliphatic heterocycles. The Morgan fingerprint density at radius 1 is 1.53 bits per heavy atom. The number of hydrogen-bond acceptors (Lipinski definition) is 3. The zero-order valence-electron chi connectivity index (χ0n) is 10.5. The van der Waals surface area contributed by atoms with E-state index in [1.807, 2.05) is 6.08 Å². The van der Waals surface area contributed by atoms with E-state index in [-0.39, 0.29) is 5.91 Å². The van der Waals surface area contributed by atoms with Crippen LogP contribution in [0.5, 0.6) is 0 Å². The third-order valence-electron chi connectivity index (χ3n) is 2.98. The van der Waals surface area contributed by atoms with Crippen molar-refractivity contribution >= 4 is 5.91 Å². The molecule has 1 fully saturated rings. The maximum atomic E-state index is 11.5. The van der Waals surface area contributed by atoms with Crippen molar-refractivity contribution in [3.63, 3.8) is 0 Å². The lowest BCUT2D eigenvalue weighted by molar-refractivity contribution is -0.121. The number of ether oxygens (including phenoxy) is 1. The van der Waals surface area contributed by atoms with Gasteiger partial charge in [-0.2, -0.15) is 0 Å². The second-order valence-electron chi connectivity index (χ2n) is 4.44. The molecular formula is C13H24N2O2. The third kappa shape index (κ3) is 7.13. The molecule has 98 valence electrons. The van der Waals surface area contributed by atoms with Crippen molar-refractivity contribution in [1.82, 2.24) is 10.6 Å². The third-order valence-corrected chi connectivity index (χ3v) is 2.98. The zero-order chi connectivity index (χ0) is 12.3. The van der Waals surface area contributed by atoms with Gasteiger partial charge in [0.1, 0.15) is 0 Å². The van der Waals surface area contributed by atoms with Gasteiger partial charge in [-0.1, -0.05) is 6.08 Å². The van der Waals surface area contributed by atoms with E-state index >= 15 is 0 Å². The van der Waals surface area contributed by atoms with E-state index in [0.717, 1.165) is 25.9 Å². The first kappa shape index (κ1) is 14.2. The minimum atomic E-state index is 0.143. The smallest absolute Gasteiger partial charge is 0.220 e. The number of hydrogen-bond donors (Lipinski definition) is 2. The summed E-state index contributed by atoms with van der Waals surface area (Å²) in [5, 5.41) is 6.18. The van der Waals surface area contributed by atoms with E-state index in [0.29, 0.717) is 32.1 Å². The van der Waals surface area contributed by atoms with Gasteiger partial charge in [-0.05, 0) is 38.3 Å². The van der Waals surface area contributed by atoms with Gasteiger partial charge in [0.15, 0.2) is 0 Å². The molecule has 0 bridgehead atoms. The Morgan fingerprint density at radius 3 is 3.12 bits per heavy atom. The summed E-state index contributed by atoms with van der Waals surface area (Å²) in [6.45, 7) is 7.67. The van der Waals surface area contributed by atoms with Gasteiger partial charge in [0, 0.05) is 13.0 Å². The van der Waals surface area contributed by atoms with E-state index in [1.54, 1.807) is 0 Å². The second kappa shape index (κ2) is 9.19. The summed E-state index contributed by atoms with van der Waals surface area (Å²) in [5.41, 5.74) is 0. The van der Waals surface area contributed by atoms with Crippen molar-refractivity contribution < 1.29 is 9.53 Å². The number of carbonyl (C=O) groups excluding carboxylic acids is 1. The van der Waals surface area contributed by atoms with Crippen LogP contribution >= 0.6 is 0 Å². The van der Waals surface area contributed by atoms with Crippen molar-refractivity contribution in [2.75, 3.05) is 32.8 Å². The SMILES string of the molecule is C=CCCOCCNC(=O)CCC1CCNC1. The van der Waals surface area contributed by atoms with Crippen LogP contribution in [0.15, 0.2) is 12.7 Å². The first-order chi connectivity index (χ1) is 8.33. The number of amides is 1. The first-order valence-corrected chi connectivity index (χ1v) is 6.49. The van der Waals surface area contributed by atoms with Crippen LogP contribution in [0.2, 0.25) is 0 Å². The fourth-order valence-electron chi connectivity index (χ4n) is 1.92. The number of rotatable bonds is 9. The molecule has 0 saturated carbocycles. The molecule has 0 aromatic heterocycles. The normalized spacial score (nSPS) is 19.2. The molecule has 4 nitrogen and oxygen atoms in total. The lowest BCUT2D eigenvalue weighted by Crippen LogP contribution is -2.27. The van der Waals surface area contributed by atoms with E-state index in [1.165, 1.54) is 6.42 Å². The Kier molecular flexibility index (Phi) is 7.67. The maximum Gasteiger partial charge on any atom is 0.220 e. The summed E-state index contributed by atoms with van der Waals surface area (Å²) >= 11 is 0. The molecule has 4 heteroatoms. The van der Waals surface area contributed by atoms with E-state index < -0.39 is 0 Å². The highest BCUT2D eigenvalue weighted by atomic mass is 16.5. The Morgan fingerprint density at radius 2 is 2.41 bits per heavy atom. The number of carbonyl (C=O) groups is 1. The van der Waals surface area contributed by atoms with E-state index in [4.69, 9.17) is 4.74 Å². The lowest BCUT2D eigenvalue weighted by atomic mass is 10.0. The number of nitrogens with one attached hydrogen (secondary N) is 2. The van der Waals surface area contributed by atoms with Gasteiger partial charge in [-0.15, -0.1) is 6.58 Å². The summed E-state index contributed by atoms with van der Waals surface area (Å²) < 4.78 is 5.31. The van der Waals surface area contributed by atoms with Gasteiger partial charge in [0.05, 0.1) is 13.2 Å². The quantitative estimate of drug-likeness (QED) is 0.468. The van der Waals surface area contributed by atoms with Gasteiger partial charge >= 0.3 is 0 Å². The molecule has 1 heterocycles. The molecule has 0 radical (unpaired) electrons. The molecule has 1 rings (SSSR count). The van der Waals surface area contributed by atoms with Crippen molar-refractivity contribution in [3.8, 4) is 0 Å². The average Bonchev–Trinajstić information content (AvgIpc) is 2.84. The van der Waals surface area contributed by atoms with Crippen LogP contribution in [0.25, 0.3) is 0 Å². The molecule has 0 aromatic carbocycles. The van der Waals surface area contributed by atoms with Gasteiger partial charge in [-0.25, -0.2) is 0 Å². The molecule has 0 spiro atoms. The van der Waals surface area contributed by atoms with Crippen LogP contribution in [0, 0.1) is 5.92 Å². The summed E-state index contributed by atoms with van der Waals surface area (Å²) in [6.07, 6.45) is 5.53. The van der Waals surface area contributed by atoms with Crippen LogP contribution < -0.4 is 10.6 Å². The van der Waals surface area contributed by atoms with E-state index in [2.05, 4.69) is 17.2 Å². The molecule has 0 aliphatic carbocycles. The molecule has 1 saturated heterocycles. The predicted octanol–water partition coefficient (Wildman–Crippen LogP) is 1.08. The predicted molar refractivity (Wildman–Crippen MR) is 68.9 cm³/mol. The monoisotopic (exact) mass is 240 g/mol. The zero-order valence-corrected chi connectivity index (χ0v) is 10.5. The van der Waals surface area contributed by atoms with E-state index in [9.17, 15) is 4.79 Å². The summed E-state index contributed by atoms with van der Waals surface area (Å²) in [4.78, 5) is 11.5. The summed E-state index contributed by atoms with van der Waals surface area (Å²) in [6, 6.07) is 0. The fourth-order valence-corrected chi connectivity index (χ4v) is 1.92. The highest BCUT2D eigenvalue weighted by Gasteiger charge is 2.15. The van der Waals surface area contributed by atoms with Gasteiger partial charge in [0.25, 0.3) is 0 Å². The minimum Gasteiger partial charge on any atom is -0.379 e. The molecule has 0 aromatic rings. The topological polar surface area (TPSA) is 50.4 Å². The lowest BCUT2D eigenvalue weighted by Gasteiger charge is -2.08. The molecule has 1 unspecified atom stereocenters. The van der Waals surface area contributed by atoms with Crippen LogP contribution in [0.3, 0.4) is 0 Å². The Hall–Kier alpha value is -0.870. The molecule has 1 aliphatic rings. The Bertz CT molecular complexity index is 225. The summed E-state index contributed by atoms with van der Waals surface area (Å²) in [7, 11) is 0. The molecular weight excluding hydrogens is 216 g/mol. The molecule has 1 amide bonds. The van der Waals surface area contributed by atoms with Crippen molar-refractivity contribution in [2.24, 2.45) is 5.92 Å². The Balaban J connectivity index is 1.88. The highest BCUT2D eigenvalue weighted by Crippen LogP contribution is 2.13. The van der Waals surface area contributed by atoms with Gasteiger partial charge < -0.3 is 15.4 Å².